The molecule has 0 aromatic heterocycles. The van der Waals surface area contributed by atoms with E-state index in [1.165, 1.54) is 22.3 Å². The molecule has 2 N–H and O–H groups in total. The lowest BCUT2D eigenvalue weighted by molar-refractivity contribution is 0.320. The highest BCUT2D eigenvalue weighted by Gasteiger charge is 2.01. The highest BCUT2D eigenvalue weighted by Crippen LogP contribution is 2.15. The Morgan fingerprint density at radius 2 is 1.03 bits per heavy atom. The van der Waals surface area contributed by atoms with Gasteiger partial charge in [-0.15, -0.1) is 0 Å². The number of allylic oxidation sites excluding steroid dienone is 6. The van der Waals surface area contributed by atoms with Gasteiger partial charge in [-0.2, -0.15) is 0 Å². The summed E-state index contributed by atoms with van der Waals surface area (Å²) in [5.41, 5.74) is 5.43. The van der Waals surface area contributed by atoms with Gasteiger partial charge < -0.3 is 20.1 Å². The fraction of sp³-hybridized carbons (Fsp3) is 0.312. The number of ether oxygens (including phenoxy) is 2. The van der Waals surface area contributed by atoms with Gasteiger partial charge in [0.1, 0.15) is 11.5 Å². The minimum absolute atomic E-state index is 0.680. The van der Waals surface area contributed by atoms with Gasteiger partial charge in [0.25, 0.3) is 0 Å². The number of hydrogen-bond acceptors (Lipinski definition) is 4. The van der Waals surface area contributed by atoms with Gasteiger partial charge in [0, 0.05) is 26.2 Å². The van der Waals surface area contributed by atoms with Crippen LogP contribution in [0.3, 0.4) is 0 Å². The maximum atomic E-state index is 5.86. The Labute approximate surface area is 216 Å². The van der Waals surface area contributed by atoms with Crippen LogP contribution in [-0.4, -0.2) is 26.3 Å². The first kappa shape index (κ1) is 25.7. The normalized spacial score (nSPS) is 14.4. The maximum Gasteiger partial charge on any atom is 0.119 e. The van der Waals surface area contributed by atoms with Gasteiger partial charge >= 0.3 is 0 Å². The smallest absolute Gasteiger partial charge is 0.119 e. The highest BCUT2D eigenvalue weighted by atomic mass is 16.5. The Morgan fingerprint density at radius 1 is 0.583 bits per heavy atom. The molecule has 0 heterocycles. The van der Waals surface area contributed by atoms with Gasteiger partial charge in [-0.3, -0.25) is 0 Å². The van der Waals surface area contributed by atoms with Gasteiger partial charge in [0.2, 0.25) is 0 Å². The predicted molar refractivity (Wildman–Crippen MR) is 149 cm³/mol. The SMILES string of the molecule is C1=CCC(CNCc2ccc(OCC/C=C/CCOc3ccc(CNCC4=CC=CC4)cc3)cc2)=C1. The Kier molecular flexibility index (Phi) is 10.7. The average Bonchev–Trinajstić information content (AvgIpc) is 3.62. The Balaban J connectivity index is 1.01. The second-order valence-corrected chi connectivity index (χ2v) is 9.16. The van der Waals surface area contributed by atoms with Crippen LogP contribution in [0.5, 0.6) is 11.5 Å². The van der Waals surface area contributed by atoms with Crippen molar-refractivity contribution < 1.29 is 9.47 Å². The van der Waals surface area contributed by atoms with Crippen LogP contribution < -0.4 is 20.1 Å². The van der Waals surface area contributed by atoms with Gasteiger partial charge in [-0.25, -0.2) is 0 Å². The van der Waals surface area contributed by atoms with Crippen molar-refractivity contribution in [2.75, 3.05) is 26.3 Å². The molecule has 0 atom stereocenters. The van der Waals surface area contributed by atoms with Crippen LogP contribution >= 0.6 is 0 Å². The number of benzene rings is 2. The molecule has 4 rings (SSSR count). The van der Waals surface area contributed by atoms with Crippen molar-refractivity contribution >= 4 is 0 Å². The lowest BCUT2D eigenvalue weighted by Gasteiger charge is -2.08. The Morgan fingerprint density at radius 3 is 1.42 bits per heavy atom. The lowest BCUT2D eigenvalue weighted by Crippen LogP contribution is -2.15. The molecule has 0 radical (unpaired) electrons. The van der Waals surface area contributed by atoms with Crippen LogP contribution in [0.2, 0.25) is 0 Å². The van der Waals surface area contributed by atoms with E-state index in [1.54, 1.807) is 0 Å². The summed E-state index contributed by atoms with van der Waals surface area (Å²) >= 11 is 0. The summed E-state index contributed by atoms with van der Waals surface area (Å²) in [4.78, 5) is 0. The minimum Gasteiger partial charge on any atom is -0.493 e. The van der Waals surface area contributed by atoms with Crippen molar-refractivity contribution in [1.29, 1.82) is 0 Å². The van der Waals surface area contributed by atoms with E-state index in [9.17, 15) is 0 Å². The monoisotopic (exact) mass is 482 g/mol. The molecule has 188 valence electrons. The quantitative estimate of drug-likeness (QED) is 0.214. The molecule has 2 aliphatic carbocycles. The third-order valence-corrected chi connectivity index (χ3v) is 6.18. The summed E-state index contributed by atoms with van der Waals surface area (Å²) in [5, 5.41) is 6.99. The van der Waals surface area contributed by atoms with Gasteiger partial charge in [-0.1, -0.05) is 84.0 Å². The van der Waals surface area contributed by atoms with Crippen molar-refractivity contribution in [3.63, 3.8) is 0 Å². The predicted octanol–water partition coefficient (Wildman–Crippen LogP) is 6.43. The summed E-state index contributed by atoms with van der Waals surface area (Å²) < 4.78 is 11.7. The second kappa shape index (κ2) is 14.9. The first-order chi connectivity index (χ1) is 17.8. The highest BCUT2D eigenvalue weighted by molar-refractivity contribution is 5.29. The lowest BCUT2D eigenvalue weighted by atomic mass is 10.2. The molecule has 2 aromatic carbocycles. The van der Waals surface area contributed by atoms with Crippen LogP contribution in [0.4, 0.5) is 0 Å². The molecule has 0 bridgehead atoms. The van der Waals surface area contributed by atoms with E-state index < -0.39 is 0 Å². The zero-order chi connectivity index (χ0) is 24.7. The molecule has 0 spiro atoms. The molecule has 0 saturated heterocycles. The molecule has 4 nitrogen and oxygen atoms in total. The molecule has 2 aromatic rings. The second-order valence-electron chi connectivity index (χ2n) is 9.16. The summed E-state index contributed by atoms with van der Waals surface area (Å²) in [7, 11) is 0. The Bertz CT molecular complexity index is 989. The van der Waals surface area contributed by atoms with Crippen LogP contribution in [0.1, 0.15) is 36.8 Å². The van der Waals surface area contributed by atoms with Crippen molar-refractivity contribution in [1.82, 2.24) is 10.6 Å². The molecule has 4 heteroatoms. The van der Waals surface area contributed by atoms with Gasteiger partial charge in [0.05, 0.1) is 13.2 Å². The zero-order valence-electron chi connectivity index (χ0n) is 21.1. The largest absolute Gasteiger partial charge is 0.493 e. The zero-order valence-corrected chi connectivity index (χ0v) is 21.1. The maximum absolute atomic E-state index is 5.86. The first-order valence-electron chi connectivity index (χ1n) is 13.0. The van der Waals surface area contributed by atoms with Crippen LogP contribution in [0.15, 0.2) is 108 Å². The molecule has 0 aliphatic heterocycles. The summed E-state index contributed by atoms with van der Waals surface area (Å²) in [5.74, 6) is 1.84. The van der Waals surface area contributed by atoms with E-state index in [-0.39, 0.29) is 0 Å². The minimum atomic E-state index is 0.680. The Hall–Kier alpha value is -3.34. The van der Waals surface area contributed by atoms with E-state index in [4.69, 9.17) is 9.47 Å². The van der Waals surface area contributed by atoms with E-state index >= 15 is 0 Å². The molecule has 0 amide bonds. The van der Waals surface area contributed by atoms with Gasteiger partial charge in [0.15, 0.2) is 0 Å². The first-order valence-corrected chi connectivity index (χ1v) is 13.0. The molecule has 0 unspecified atom stereocenters. The summed E-state index contributed by atoms with van der Waals surface area (Å²) in [6.07, 6.45) is 21.3. The molecule has 0 saturated carbocycles. The van der Waals surface area contributed by atoms with Crippen molar-refractivity contribution in [3.05, 3.63) is 119 Å². The summed E-state index contributed by atoms with van der Waals surface area (Å²) in [6.45, 7) is 5.01. The molecule has 36 heavy (non-hydrogen) atoms. The van der Waals surface area contributed by atoms with E-state index in [2.05, 4.69) is 108 Å². The third kappa shape index (κ3) is 9.37. The molecular weight excluding hydrogens is 444 g/mol. The number of rotatable bonds is 16. The fourth-order valence-corrected chi connectivity index (χ4v) is 4.11. The molecular formula is C32H38N2O2. The van der Waals surface area contributed by atoms with E-state index in [0.717, 1.165) is 63.4 Å². The molecule has 2 aliphatic rings. The van der Waals surface area contributed by atoms with E-state index in [1.807, 2.05) is 0 Å². The fourth-order valence-electron chi connectivity index (χ4n) is 4.11. The standard InChI is InChI=1S/C32H38N2O2/c1(7-21-35-31-17-13-29(14-18-31)25-33-23-27-9-3-4-10-27)2-8-22-36-32-19-15-30(16-20-32)26-34-24-28-11-5-6-12-28/h1-6,9,11,13-20,33-34H,7-8,10,12,21-26H2/b2-1+. The van der Waals surface area contributed by atoms with E-state index in [0.29, 0.717) is 13.2 Å². The third-order valence-electron chi connectivity index (χ3n) is 6.18. The average molecular weight is 483 g/mol. The van der Waals surface area contributed by atoms with Crippen molar-refractivity contribution in [2.24, 2.45) is 0 Å². The van der Waals surface area contributed by atoms with Crippen LogP contribution in [-0.2, 0) is 13.1 Å². The van der Waals surface area contributed by atoms with Crippen molar-refractivity contribution in [2.45, 2.75) is 38.8 Å². The topological polar surface area (TPSA) is 42.5 Å². The van der Waals surface area contributed by atoms with Gasteiger partial charge in [-0.05, 0) is 61.1 Å². The van der Waals surface area contributed by atoms with Crippen LogP contribution in [0, 0.1) is 0 Å². The van der Waals surface area contributed by atoms with Crippen molar-refractivity contribution in [3.8, 4) is 11.5 Å². The number of nitrogens with one attached hydrogen (secondary N) is 2. The number of hydrogen-bond donors (Lipinski definition) is 2. The summed E-state index contributed by atoms with van der Waals surface area (Å²) in [6, 6.07) is 16.7. The van der Waals surface area contributed by atoms with Crippen LogP contribution in [0.25, 0.3) is 0 Å². The molecule has 0 fully saturated rings.